The third kappa shape index (κ3) is 3.33. The monoisotopic (exact) mass is 359 g/mol. The molecule has 0 saturated carbocycles. The van der Waals surface area contributed by atoms with E-state index in [0.29, 0.717) is 31.4 Å². The van der Waals surface area contributed by atoms with Gasteiger partial charge in [-0.25, -0.2) is 9.79 Å². The molecule has 11 heteroatoms. The lowest BCUT2D eigenvalue weighted by Gasteiger charge is -2.40. The van der Waals surface area contributed by atoms with Crippen LogP contribution >= 0.6 is 0 Å². The van der Waals surface area contributed by atoms with Crippen molar-refractivity contribution in [2.45, 2.75) is 18.8 Å². The number of carboxylic acid groups (broad SMARTS) is 1. The molecule has 10 nitrogen and oxygen atoms in total. The summed E-state index contributed by atoms with van der Waals surface area (Å²) in [7, 11) is -1.04. The average molecular weight is 359 g/mol. The summed E-state index contributed by atoms with van der Waals surface area (Å²) in [6.45, 7) is 0.641. The molecule has 3 rings (SSSR count). The smallest absolute Gasteiger partial charge is 0.522 e. The number of rotatable bonds is 3. The van der Waals surface area contributed by atoms with Crippen molar-refractivity contribution in [3.63, 3.8) is 0 Å². The lowest BCUT2D eigenvalue weighted by molar-refractivity contribution is 0.0602. The van der Waals surface area contributed by atoms with Gasteiger partial charge in [0.1, 0.15) is 23.2 Å². The van der Waals surface area contributed by atoms with Gasteiger partial charge in [0.25, 0.3) is 0 Å². The molecule has 0 aromatic heterocycles. The van der Waals surface area contributed by atoms with E-state index in [-0.39, 0.29) is 34.8 Å². The van der Waals surface area contributed by atoms with Crippen LogP contribution < -0.4 is 15.1 Å². The van der Waals surface area contributed by atoms with Gasteiger partial charge < -0.3 is 30.2 Å². The number of aliphatic imine (C=N–C) groups is 1. The Bertz CT molecular complexity index is 793. The second-order valence-electron chi connectivity index (χ2n) is 5.96. The Morgan fingerprint density at radius 1 is 1.46 bits per heavy atom. The van der Waals surface area contributed by atoms with Crippen LogP contribution in [0.2, 0.25) is 6.32 Å². The molecule has 0 atom stereocenters. The number of carbonyl (C=O) groups is 1. The summed E-state index contributed by atoms with van der Waals surface area (Å²) >= 11 is 0. The Hall–Kier alpha value is -3.08. The van der Waals surface area contributed by atoms with Crippen LogP contribution in [0.1, 0.15) is 15.9 Å². The van der Waals surface area contributed by atoms with Gasteiger partial charge in [-0.15, -0.1) is 0 Å². The van der Waals surface area contributed by atoms with E-state index >= 15 is 0 Å². The number of aryl methyl sites for hydroxylation is 1. The minimum atomic E-state index is -1.20. The zero-order valence-corrected chi connectivity index (χ0v) is 13.8. The zero-order valence-electron chi connectivity index (χ0n) is 13.8. The number of nitrogens with zero attached hydrogens (tertiary/aromatic N) is 2. The lowest BCUT2D eigenvalue weighted by atomic mass is 9.78. The lowest BCUT2D eigenvalue weighted by Crippen LogP contribution is -2.57. The molecule has 0 spiro atoms. The predicted octanol–water partition coefficient (Wildman–Crippen LogP) is -0.195. The van der Waals surface area contributed by atoms with Crippen LogP contribution in [0.25, 0.3) is 0 Å². The van der Waals surface area contributed by atoms with Gasteiger partial charge in [-0.2, -0.15) is 0 Å². The van der Waals surface area contributed by atoms with E-state index in [1.807, 2.05) is 0 Å². The van der Waals surface area contributed by atoms with Gasteiger partial charge in [0.2, 0.25) is 0 Å². The number of ether oxygens (including phenoxy) is 1. The number of hydrogen-bond acceptors (Lipinski definition) is 6. The number of amidine groups is 2. The Balaban J connectivity index is 1.72. The fourth-order valence-corrected chi connectivity index (χ4v) is 2.87. The molecular weight excluding hydrogens is 341 g/mol. The summed E-state index contributed by atoms with van der Waals surface area (Å²) in [5, 5.41) is 34.6. The minimum Gasteiger partial charge on any atom is -0.535 e. The van der Waals surface area contributed by atoms with E-state index in [0.717, 1.165) is 6.34 Å². The molecule has 0 amide bonds. The third-order valence-corrected chi connectivity index (χ3v) is 4.22. The summed E-state index contributed by atoms with van der Waals surface area (Å²) < 4.78 is 11.1. The van der Waals surface area contributed by atoms with Gasteiger partial charge in [0.05, 0.1) is 19.4 Å². The highest BCUT2D eigenvalue weighted by atomic mass is 16.5. The third-order valence-electron chi connectivity index (χ3n) is 4.22. The second kappa shape index (κ2) is 7.04. The number of hydrogen-bond donors (Lipinski definition) is 5. The summed E-state index contributed by atoms with van der Waals surface area (Å²) in [6.07, 6.45) is 1.54. The van der Waals surface area contributed by atoms with Crippen LogP contribution in [0, 0.1) is 10.8 Å². The van der Waals surface area contributed by atoms with Gasteiger partial charge in [-0.3, -0.25) is 10.8 Å². The van der Waals surface area contributed by atoms with E-state index < -0.39 is 13.1 Å². The molecular formula is C15H18BN5O5. The molecule has 6 N–H and O–H groups in total. The predicted molar refractivity (Wildman–Crippen MR) is 94.6 cm³/mol. The van der Waals surface area contributed by atoms with E-state index in [2.05, 4.69) is 4.99 Å². The number of nitrogens with two attached hydrogens (primary N) is 1. The molecule has 1 aromatic rings. The average Bonchev–Trinajstić information content (AvgIpc) is 2.56. The maximum atomic E-state index is 11.7. The number of nitrogens with one attached hydrogen (secondary N) is 2. The van der Waals surface area contributed by atoms with Gasteiger partial charge >= 0.3 is 13.1 Å². The zero-order chi connectivity index (χ0) is 18.8. The highest BCUT2D eigenvalue weighted by molar-refractivity contribution is 6.44. The van der Waals surface area contributed by atoms with Gasteiger partial charge in [-0.05, 0) is 24.4 Å². The molecule has 1 aromatic carbocycles. The summed E-state index contributed by atoms with van der Waals surface area (Å²) in [4.78, 5) is 16.8. The Labute approximate surface area is 149 Å². The molecule has 0 aliphatic carbocycles. The number of aromatic carboxylic acids is 1. The Kier molecular flexibility index (Phi) is 4.80. The van der Waals surface area contributed by atoms with Crippen LogP contribution in [0.4, 0.5) is 0 Å². The summed E-state index contributed by atoms with van der Waals surface area (Å²) in [5.41, 5.74) is 5.71. The van der Waals surface area contributed by atoms with Crippen molar-refractivity contribution in [2.24, 2.45) is 10.7 Å². The van der Waals surface area contributed by atoms with Crippen molar-refractivity contribution in [1.82, 2.24) is 4.90 Å². The SMILES string of the molecule is N=C(N=CN)C(=N)N1CC(Oc2ccc3c(c2C(=O)O)OB(O)CC3)C1. The molecule has 1 fully saturated rings. The van der Waals surface area contributed by atoms with Crippen LogP contribution in [0.15, 0.2) is 17.1 Å². The number of likely N-dealkylation sites (tertiary alicyclic amines) is 1. The van der Waals surface area contributed by atoms with Crippen LogP contribution in [-0.2, 0) is 6.42 Å². The van der Waals surface area contributed by atoms with Crippen molar-refractivity contribution in [1.29, 1.82) is 10.8 Å². The topological polar surface area (TPSA) is 165 Å². The quantitative estimate of drug-likeness (QED) is 0.283. The van der Waals surface area contributed by atoms with Crippen LogP contribution in [0.3, 0.4) is 0 Å². The van der Waals surface area contributed by atoms with Crippen LogP contribution in [-0.4, -0.2) is 65.3 Å². The molecule has 2 aliphatic heterocycles. The molecule has 1 saturated heterocycles. The van der Waals surface area contributed by atoms with Gasteiger partial charge in [0, 0.05) is 0 Å². The molecule has 26 heavy (non-hydrogen) atoms. The van der Waals surface area contributed by atoms with Gasteiger partial charge in [-0.1, -0.05) is 6.07 Å². The second-order valence-corrected chi connectivity index (χ2v) is 5.96. The highest BCUT2D eigenvalue weighted by Crippen LogP contribution is 2.37. The summed E-state index contributed by atoms with van der Waals surface area (Å²) in [5.74, 6) is -1.25. The van der Waals surface area contributed by atoms with Crippen molar-refractivity contribution in [3.8, 4) is 11.5 Å². The molecule has 0 radical (unpaired) electrons. The number of carboxylic acids is 1. The fraction of sp³-hybridized carbons (Fsp3) is 0.333. The number of benzene rings is 1. The first kappa shape index (κ1) is 17.7. The molecule has 2 heterocycles. The van der Waals surface area contributed by atoms with Crippen molar-refractivity contribution >= 4 is 31.1 Å². The van der Waals surface area contributed by atoms with Gasteiger partial charge in [0.15, 0.2) is 11.7 Å². The first-order valence-electron chi connectivity index (χ1n) is 7.98. The van der Waals surface area contributed by atoms with E-state index in [1.54, 1.807) is 17.0 Å². The van der Waals surface area contributed by atoms with E-state index in [9.17, 15) is 14.9 Å². The summed E-state index contributed by atoms with van der Waals surface area (Å²) in [6, 6.07) is 3.31. The first-order valence-corrected chi connectivity index (χ1v) is 7.98. The Morgan fingerprint density at radius 2 is 2.19 bits per heavy atom. The fourth-order valence-electron chi connectivity index (χ4n) is 2.87. The minimum absolute atomic E-state index is 0.0816. The largest absolute Gasteiger partial charge is 0.535 e. The number of fused-ring (bicyclic) bond motifs is 1. The molecule has 0 unspecified atom stereocenters. The van der Waals surface area contributed by atoms with E-state index in [1.165, 1.54) is 0 Å². The first-order chi connectivity index (χ1) is 12.4. The van der Waals surface area contributed by atoms with Crippen LogP contribution in [0.5, 0.6) is 11.5 Å². The maximum Gasteiger partial charge on any atom is 0.522 e. The van der Waals surface area contributed by atoms with E-state index in [4.69, 9.17) is 25.9 Å². The Morgan fingerprint density at radius 3 is 2.85 bits per heavy atom. The van der Waals surface area contributed by atoms with Crippen molar-refractivity contribution in [3.05, 3.63) is 23.3 Å². The van der Waals surface area contributed by atoms with Crippen molar-refractivity contribution in [2.75, 3.05) is 13.1 Å². The normalized spacial score (nSPS) is 16.7. The van der Waals surface area contributed by atoms with Crippen molar-refractivity contribution < 1.29 is 24.3 Å². The highest BCUT2D eigenvalue weighted by Gasteiger charge is 2.35. The standard InChI is InChI=1S/C15H18BN5O5/c17-7-20-13(18)14(19)21-5-9(6-21)25-10-2-1-8-3-4-16(24)26-12(8)11(10)15(22)23/h1-2,7,9,19,24H,3-6H2,(H,22,23)(H3,17,18,20). The molecule has 0 bridgehead atoms. The molecule has 2 aliphatic rings. The molecule has 136 valence electrons. The maximum absolute atomic E-state index is 11.7.